The van der Waals surface area contributed by atoms with Crippen LogP contribution in [0.15, 0.2) is 0 Å². The molecule has 2 amide bonds. The molecular formula is C23H41NO8. The third-order valence-electron chi connectivity index (χ3n) is 4.54. The molecule has 4 atom stereocenters. The summed E-state index contributed by atoms with van der Waals surface area (Å²) in [5.74, 6) is -0.534. The van der Waals surface area contributed by atoms with Crippen LogP contribution in [0.25, 0.3) is 0 Å². The van der Waals surface area contributed by atoms with E-state index in [1.807, 2.05) is 13.8 Å². The molecule has 32 heavy (non-hydrogen) atoms. The van der Waals surface area contributed by atoms with Gasteiger partial charge >= 0.3 is 18.2 Å². The predicted molar refractivity (Wildman–Crippen MR) is 118 cm³/mol. The van der Waals surface area contributed by atoms with E-state index in [9.17, 15) is 19.5 Å². The zero-order chi connectivity index (χ0) is 24.9. The molecule has 0 spiro atoms. The van der Waals surface area contributed by atoms with Crippen LogP contribution in [0.2, 0.25) is 0 Å². The minimum atomic E-state index is -1.25. The molecule has 1 aliphatic rings. The van der Waals surface area contributed by atoms with Gasteiger partial charge in [-0.25, -0.2) is 14.4 Å². The van der Waals surface area contributed by atoms with Crippen molar-refractivity contribution in [3.8, 4) is 0 Å². The molecule has 1 saturated heterocycles. The summed E-state index contributed by atoms with van der Waals surface area (Å²) >= 11 is 0. The van der Waals surface area contributed by atoms with E-state index in [1.165, 1.54) is 0 Å². The lowest BCUT2D eigenvalue weighted by atomic mass is 10.0. The fourth-order valence-electron chi connectivity index (χ4n) is 3.12. The van der Waals surface area contributed by atoms with Crippen LogP contribution in [0.4, 0.5) is 9.59 Å². The van der Waals surface area contributed by atoms with Crippen molar-refractivity contribution in [1.29, 1.82) is 0 Å². The summed E-state index contributed by atoms with van der Waals surface area (Å²) in [5.41, 5.74) is -1.78. The Balaban J connectivity index is 3.20. The fourth-order valence-corrected chi connectivity index (χ4v) is 3.12. The summed E-state index contributed by atoms with van der Waals surface area (Å²) in [6.07, 6.45) is -3.47. The van der Waals surface area contributed by atoms with E-state index >= 15 is 0 Å². The van der Waals surface area contributed by atoms with Crippen LogP contribution in [-0.2, 0) is 23.7 Å². The lowest BCUT2D eigenvalue weighted by molar-refractivity contribution is -0.165. The number of hydrogen-bond acceptors (Lipinski definition) is 8. The van der Waals surface area contributed by atoms with Crippen LogP contribution >= 0.6 is 0 Å². The highest BCUT2D eigenvalue weighted by Gasteiger charge is 2.43. The second-order valence-electron chi connectivity index (χ2n) is 10.7. The first-order chi connectivity index (χ1) is 14.5. The molecule has 0 bridgehead atoms. The number of carbonyl (C=O) groups is 3. The maximum Gasteiger partial charge on any atom is 0.420 e. The zero-order valence-corrected chi connectivity index (χ0v) is 21.0. The number of hydrogen-bond donors (Lipinski definition) is 1. The molecule has 1 rings (SSSR count). The van der Waals surface area contributed by atoms with Gasteiger partial charge in [0.25, 0.3) is 0 Å². The van der Waals surface area contributed by atoms with Gasteiger partial charge in [0.05, 0.1) is 6.10 Å². The van der Waals surface area contributed by atoms with Crippen molar-refractivity contribution in [2.75, 3.05) is 6.61 Å². The summed E-state index contributed by atoms with van der Waals surface area (Å²) in [7, 11) is 0. The Hall–Kier alpha value is -1.87. The quantitative estimate of drug-likeness (QED) is 0.495. The van der Waals surface area contributed by atoms with Gasteiger partial charge in [-0.15, -0.1) is 0 Å². The Morgan fingerprint density at radius 2 is 1.56 bits per heavy atom. The van der Waals surface area contributed by atoms with Gasteiger partial charge in [-0.2, -0.15) is 4.90 Å². The largest absolute Gasteiger partial charge is 0.458 e. The van der Waals surface area contributed by atoms with Gasteiger partial charge in [0.2, 0.25) is 0 Å². The highest BCUT2D eigenvalue weighted by molar-refractivity contribution is 5.94. The van der Waals surface area contributed by atoms with E-state index in [2.05, 4.69) is 0 Å². The predicted octanol–water partition coefficient (Wildman–Crippen LogP) is 4.04. The van der Waals surface area contributed by atoms with Crippen molar-refractivity contribution in [2.45, 2.75) is 117 Å². The van der Waals surface area contributed by atoms with Crippen molar-refractivity contribution >= 4 is 18.2 Å². The first-order valence-corrected chi connectivity index (χ1v) is 11.3. The Kier molecular flexibility index (Phi) is 9.96. The van der Waals surface area contributed by atoms with E-state index in [4.69, 9.17) is 18.9 Å². The van der Waals surface area contributed by atoms with E-state index in [1.54, 1.807) is 48.5 Å². The van der Waals surface area contributed by atoms with Crippen molar-refractivity contribution in [2.24, 2.45) is 5.92 Å². The summed E-state index contributed by atoms with van der Waals surface area (Å²) in [6, 6.07) is -1.25. The van der Waals surface area contributed by atoms with Gasteiger partial charge in [0, 0.05) is 6.61 Å². The molecule has 0 aromatic carbocycles. The molecule has 1 aliphatic heterocycles. The molecular weight excluding hydrogens is 418 g/mol. The molecule has 0 aliphatic carbocycles. The average molecular weight is 460 g/mol. The smallest absolute Gasteiger partial charge is 0.420 e. The average Bonchev–Trinajstić information content (AvgIpc) is 2.62. The Morgan fingerprint density at radius 1 is 1.06 bits per heavy atom. The lowest BCUT2D eigenvalue weighted by Crippen LogP contribution is -2.53. The van der Waals surface area contributed by atoms with E-state index in [-0.39, 0.29) is 12.3 Å². The Morgan fingerprint density at radius 3 is 2.00 bits per heavy atom. The van der Waals surface area contributed by atoms with Gasteiger partial charge in [-0.3, -0.25) is 0 Å². The third kappa shape index (κ3) is 9.32. The van der Waals surface area contributed by atoms with Crippen LogP contribution < -0.4 is 0 Å². The number of cyclic esters (lactones) is 1. The normalized spacial score (nSPS) is 25.3. The zero-order valence-electron chi connectivity index (χ0n) is 21.0. The lowest BCUT2D eigenvalue weighted by Gasteiger charge is -2.32. The molecule has 4 unspecified atom stereocenters. The maximum atomic E-state index is 13.0. The standard InChI is InChI=1S/C23H41NO8/c1-14(2)13-29-17-12-10-11-16(19(26)30-15(3)18(17)25)24(20(27)31-22(4,5)6)21(28)32-23(7,8)9/h14-18,25H,10-13H2,1-9H3. The molecule has 1 N–H and O–H groups in total. The second-order valence-corrected chi connectivity index (χ2v) is 10.7. The number of nitrogens with zero attached hydrogens (tertiary/aromatic N) is 1. The molecule has 1 heterocycles. The SMILES string of the molecule is CC(C)COC1CCCC(N(C(=O)OC(C)(C)C)C(=O)OC(C)(C)C)C(=O)OC(C)C1O. The van der Waals surface area contributed by atoms with Crippen molar-refractivity contribution in [1.82, 2.24) is 4.90 Å². The van der Waals surface area contributed by atoms with Gasteiger partial charge < -0.3 is 24.1 Å². The van der Waals surface area contributed by atoms with Crippen molar-refractivity contribution in [3.05, 3.63) is 0 Å². The Bertz CT molecular complexity index is 621. The summed E-state index contributed by atoms with van der Waals surface area (Å²) < 4.78 is 22.0. The highest BCUT2D eigenvalue weighted by atomic mass is 16.6. The number of aliphatic hydroxyl groups excluding tert-OH is 1. The fraction of sp³-hybridized carbons (Fsp3) is 0.870. The maximum absolute atomic E-state index is 13.0. The monoisotopic (exact) mass is 459 g/mol. The number of esters is 1. The van der Waals surface area contributed by atoms with Crippen molar-refractivity contribution in [3.63, 3.8) is 0 Å². The number of rotatable bonds is 4. The van der Waals surface area contributed by atoms with Crippen LogP contribution in [0.5, 0.6) is 0 Å². The molecule has 9 heteroatoms. The molecule has 0 saturated carbocycles. The molecule has 9 nitrogen and oxygen atoms in total. The number of amides is 2. The van der Waals surface area contributed by atoms with Gasteiger partial charge in [0.1, 0.15) is 29.5 Å². The minimum absolute atomic E-state index is 0.123. The van der Waals surface area contributed by atoms with E-state index in [0.29, 0.717) is 24.3 Å². The van der Waals surface area contributed by atoms with Gasteiger partial charge in [0.15, 0.2) is 0 Å². The first kappa shape index (κ1) is 28.2. The van der Waals surface area contributed by atoms with Crippen LogP contribution in [-0.4, -0.2) is 70.3 Å². The summed E-state index contributed by atoms with van der Waals surface area (Å²) in [4.78, 5) is 39.5. The third-order valence-corrected chi connectivity index (χ3v) is 4.54. The van der Waals surface area contributed by atoms with Gasteiger partial charge in [-0.1, -0.05) is 13.8 Å². The van der Waals surface area contributed by atoms with Crippen LogP contribution in [0.3, 0.4) is 0 Å². The van der Waals surface area contributed by atoms with Crippen LogP contribution in [0.1, 0.15) is 81.6 Å². The molecule has 1 fully saturated rings. The van der Waals surface area contributed by atoms with E-state index in [0.717, 1.165) is 0 Å². The second kappa shape index (κ2) is 11.3. The minimum Gasteiger partial charge on any atom is -0.458 e. The molecule has 0 aromatic rings. The molecule has 186 valence electrons. The summed E-state index contributed by atoms with van der Waals surface area (Å²) in [6.45, 7) is 16.0. The first-order valence-electron chi connectivity index (χ1n) is 11.3. The molecule has 0 aromatic heterocycles. The van der Waals surface area contributed by atoms with Crippen LogP contribution in [0, 0.1) is 5.92 Å². The number of imide groups is 1. The number of aliphatic hydroxyl groups is 1. The highest BCUT2D eigenvalue weighted by Crippen LogP contribution is 2.25. The topological polar surface area (TPSA) is 112 Å². The number of carbonyl (C=O) groups excluding carboxylic acids is 3. The Labute approximate surface area is 191 Å². The number of ether oxygens (including phenoxy) is 4. The summed E-state index contributed by atoms with van der Waals surface area (Å²) in [5, 5.41) is 10.6. The van der Waals surface area contributed by atoms with Gasteiger partial charge in [-0.05, 0) is 73.6 Å². The van der Waals surface area contributed by atoms with E-state index < -0.39 is 53.7 Å². The van der Waals surface area contributed by atoms with Crippen molar-refractivity contribution < 1.29 is 38.4 Å². The molecule has 0 radical (unpaired) electrons.